The number of ketones is 1. The lowest BCUT2D eigenvalue weighted by molar-refractivity contribution is 0.0807. The first-order valence-electron chi connectivity index (χ1n) is 10.1. The van der Waals surface area contributed by atoms with Crippen molar-refractivity contribution in [3.63, 3.8) is 0 Å². The van der Waals surface area contributed by atoms with E-state index in [1.54, 1.807) is 6.07 Å². The van der Waals surface area contributed by atoms with Gasteiger partial charge in [0.2, 0.25) is 0 Å². The zero-order valence-corrected chi connectivity index (χ0v) is 16.9. The van der Waals surface area contributed by atoms with Crippen LogP contribution in [0.25, 0.3) is 11.0 Å². The van der Waals surface area contributed by atoms with Crippen molar-refractivity contribution in [3.8, 4) is 5.75 Å². The van der Waals surface area contributed by atoms with Crippen LogP contribution in [0.5, 0.6) is 5.75 Å². The van der Waals surface area contributed by atoms with Gasteiger partial charge in [-0.15, -0.1) is 0 Å². The van der Waals surface area contributed by atoms with Crippen LogP contribution in [-0.4, -0.2) is 40.4 Å². The molecule has 0 amide bonds. The van der Waals surface area contributed by atoms with Crippen molar-refractivity contribution in [1.82, 2.24) is 14.5 Å². The van der Waals surface area contributed by atoms with Gasteiger partial charge in [0.25, 0.3) is 0 Å². The highest BCUT2D eigenvalue weighted by atomic mass is 19.1. The quantitative estimate of drug-likeness (QED) is 0.584. The molecule has 0 spiro atoms. The summed E-state index contributed by atoms with van der Waals surface area (Å²) in [6, 6.07) is 12.6. The van der Waals surface area contributed by atoms with Gasteiger partial charge >= 0.3 is 0 Å². The average Bonchev–Trinajstić information content (AvgIpc) is 3.10. The van der Waals surface area contributed by atoms with Crippen molar-refractivity contribution in [2.24, 2.45) is 5.92 Å². The third-order valence-electron chi connectivity index (χ3n) is 5.73. The fourth-order valence-electron chi connectivity index (χ4n) is 4.27. The third-order valence-corrected chi connectivity index (χ3v) is 5.73. The number of likely N-dealkylation sites (tertiary alicyclic amines) is 1. The van der Waals surface area contributed by atoms with Gasteiger partial charge in [0.1, 0.15) is 5.82 Å². The van der Waals surface area contributed by atoms with Gasteiger partial charge in [-0.25, -0.2) is 9.37 Å². The van der Waals surface area contributed by atoms with E-state index in [2.05, 4.69) is 22.5 Å². The molecule has 0 bridgehead atoms. The van der Waals surface area contributed by atoms with Gasteiger partial charge in [0.15, 0.2) is 17.3 Å². The van der Waals surface area contributed by atoms with Crippen molar-refractivity contribution < 1.29 is 13.9 Å². The number of para-hydroxylation sites is 2. The predicted molar refractivity (Wildman–Crippen MR) is 111 cm³/mol. The van der Waals surface area contributed by atoms with Crippen LogP contribution in [0, 0.1) is 11.7 Å². The number of Topliss-reactive ketones (excluding diaryl/α,β-unsaturated/α-hetero) is 1. The molecule has 2 heterocycles. The molecule has 0 saturated carbocycles. The molecule has 5 nitrogen and oxygen atoms in total. The number of nitrogens with zero attached hydrogens (tertiary/aromatic N) is 3. The fourth-order valence-corrected chi connectivity index (χ4v) is 4.27. The monoisotopic (exact) mass is 395 g/mol. The smallest absolute Gasteiger partial charge is 0.167 e. The molecule has 1 atom stereocenters. The largest absolute Gasteiger partial charge is 0.494 e. The highest BCUT2D eigenvalue weighted by molar-refractivity contribution is 5.98. The molecule has 0 aliphatic carbocycles. The van der Waals surface area contributed by atoms with Gasteiger partial charge in [0.05, 0.1) is 24.7 Å². The number of carbonyl (C=O) groups is 1. The van der Waals surface area contributed by atoms with E-state index in [1.807, 2.05) is 18.2 Å². The molecule has 3 aromatic rings. The lowest BCUT2D eigenvalue weighted by atomic mass is 9.90. The Morgan fingerprint density at radius 3 is 2.86 bits per heavy atom. The average molecular weight is 395 g/mol. The number of methoxy groups -OCH3 is 1. The third kappa shape index (κ3) is 3.90. The van der Waals surface area contributed by atoms with Crippen LogP contribution in [0.3, 0.4) is 0 Å². The summed E-state index contributed by atoms with van der Waals surface area (Å²) in [7, 11) is 1.42. The maximum absolute atomic E-state index is 14.0. The minimum absolute atomic E-state index is 0.000229. The maximum Gasteiger partial charge on any atom is 0.167 e. The maximum atomic E-state index is 14.0. The van der Waals surface area contributed by atoms with Gasteiger partial charge in [-0.3, -0.25) is 9.69 Å². The van der Waals surface area contributed by atoms with Crippen molar-refractivity contribution in [2.45, 2.75) is 32.9 Å². The number of hydrogen-bond donors (Lipinski definition) is 0. The molecule has 1 aromatic heterocycles. The number of halogens is 1. The van der Waals surface area contributed by atoms with Gasteiger partial charge < -0.3 is 9.30 Å². The first-order chi connectivity index (χ1) is 14.1. The molecule has 1 saturated heterocycles. The number of aryl methyl sites for hydroxylation is 1. The molecule has 0 radical (unpaired) electrons. The summed E-state index contributed by atoms with van der Waals surface area (Å²) in [5.41, 5.74) is 2.56. The van der Waals surface area contributed by atoms with Gasteiger partial charge in [-0.2, -0.15) is 0 Å². The van der Waals surface area contributed by atoms with E-state index in [9.17, 15) is 9.18 Å². The van der Waals surface area contributed by atoms with E-state index >= 15 is 0 Å². The predicted octanol–water partition coefficient (Wildman–Crippen LogP) is 4.30. The van der Waals surface area contributed by atoms with E-state index in [0.29, 0.717) is 18.7 Å². The molecular formula is C23H26FN3O2. The Bertz CT molecular complexity index is 1030. The second-order valence-corrected chi connectivity index (χ2v) is 7.55. The van der Waals surface area contributed by atoms with Crippen molar-refractivity contribution >= 4 is 16.8 Å². The molecule has 1 aliphatic heterocycles. The van der Waals surface area contributed by atoms with Crippen LogP contribution in [0.2, 0.25) is 0 Å². The molecular weight excluding hydrogens is 369 g/mol. The van der Waals surface area contributed by atoms with Crippen molar-refractivity contribution in [3.05, 3.63) is 59.7 Å². The summed E-state index contributed by atoms with van der Waals surface area (Å²) in [4.78, 5) is 20.1. The number of imidazole rings is 1. The lowest BCUT2D eigenvalue weighted by Crippen LogP contribution is -2.38. The van der Waals surface area contributed by atoms with E-state index in [4.69, 9.17) is 9.72 Å². The summed E-state index contributed by atoms with van der Waals surface area (Å²) in [6.07, 6.45) is 1.77. The standard InChI is InChI=1S/C23H26FN3O2/c1-3-27-20-9-5-4-8-19(20)25-22(27)15-26-12-6-7-17(14-26)23(28)16-10-11-21(29-2)18(24)13-16/h4-5,8-11,13,17H,3,6-7,12,14-15H2,1-2H3/t17-/m1/s1. The summed E-state index contributed by atoms with van der Waals surface area (Å²) in [6.45, 7) is 5.30. The molecule has 1 aliphatic rings. The Hall–Kier alpha value is -2.73. The van der Waals surface area contributed by atoms with Crippen molar-refractivity contribution in [1.29, 1.82) is 0 Å². The van der Waals surface area contributed by atoms with Gasteiger partial charge in [-0.05, 0) is 56.6 Å². The second-order valence-electron chi connectivity index (χ2n) is 7.55. The summed E-state index contributed by atoms with van der Waals surface area (Å²) in [5.74, 6) is 0.557. The molecule has 2 aromatic carbocycles. The van der Waals surface area contributed by atoms with E-state index in [0.717, 1.165) is 42.8 Å². The van der Waals surface area contributed by atoms with Crippen LogP contribution in [0.1, 0.15) is 35.9 Å². The first-order valence-corrected chi connectivity index (χ1v) is 10.1. The first kappa shape index (κ1) is 19.6. The molecule has 1 fully saturated rings. The number of aromatic nitrogens is 2. The number of piperidine rings is 1. The molecule has 152 valence electrons. The fraction of sp³-hybridized carbons (Fsp3) is 0.391. The zero-order valence-electron chi connectivity index (χ0n) is 16.9. The molecule has 0 unspecified atom stereocenters. The second kappa shape index (κ2) is 8.33. The minimum Gasteiger partial charge on any atom is -0.494 e. The SMILES string of the molecule is CCn1c(CN2CCC[C@@H](C(=O)c3ccc(OC)c(F)c3)C2)nc2ccccc21. The van der Waals surface area contributed by atoms with E-state index in [1.165, 1.54) is 19.2 Å². The van der Waals surface area contributed by atoms with E-state index in [-0.39, 0.29) is 17.5 Å². The van der Waals surface area contributed by atoms with Crippen LogP contribution in [-0.2, 0) is 13.1 Å². The molecule has 6 heteroatoms. The summed E-state index contributed by atoms with van der Waals surface area (Å²) < 4.78 is 21.2. The zero-order chi connectivity index (χ0) is 20.4. The lowest BCUT2D eigenvalue weighted by Gasteiger charge is -2.31. The Morgan fingerprint density at radius 2 is 2.10 bits per heavy atom. The highest BCUT2D eigenvalue weighted by Gasteiger charge is 2.28. The Balaban J connectivity index is 1.50. The number of fused-ring (bicyclic) bond motifs is 1. The van der Waals surface area contributed by atoms with Crippen LogP contribution in [0.15, 0.2) is 42.5 Å². The highest BCUT2D eigenvalue weighted by Crippen LogP contribution is 2.26. The Labute approximate surface area is 170 Å². The number of carbonyl (C=O) groups excluding carboxylic acids is 1. The van der Waals surface area contributed by atoms with Crippen LogP contribution < -0.4 is 4.74 Å². The molecule has 0 N–H and O–H groups in total. The Kier molecular flexibility index (Phi) is 5.62. The van der Waals surface area contributed by atoms with Crippen LogP contribution in [0.4, 0.5) is 4.39 Å². The number of hydrogen-bond acceptors (Lipinski definition) is 4. The number of benzene rings is 2. The topological polar surface area (TPSA) is 47.4 Å². The van der Waals surface area contributed by atoms with E-state index < -0.39 is 5.82 Å². The normalized spacial score (nSPS) is 17.6. The van der Waals surface area contributed by atoms with Gasteiger partial charge in [0, 0.05) is 24.6 Å². The minimum atomic E-state index is -0.498. The summed E-state index contributed by atoms with van der Waals surface area (Å²) in [5, 5.41) is 0. The van der Waals surface area contributed by atoms with Crippen LogP contribution >= 0.6 is 0 Å². The number of ether oxygens (including phenoxy) is 1. The molecule has 4 rings (SSSR count). The van der Waals surface area contributed by atoms with Gasteiger partial charge in [-0.1, -0.05) is 12.1 Å². The summed E-state index contributed by atoms with van der Waals surface area (Å²) >= 11 is 0. The van der Waals surface area contributed by atoms with Crippen molar-refractivity contribution in [2.75, 3.05) is 20.2 Å². The molecule has 29 heavy (non-hydrogen) atoms. The Morgan fingerprint density at radius 1 is 1.28 bits per heavy atom. The number of rotatable bonds is 6.